The molecule has 0 saturated heterocycles. The number of benzene rings is 1. The van der Waals surface area contributed by atoms with Crippen LogP contribution in [-0.2, 0) is 10.0 Å². The third-order valence-corrected chi connectivity index (χ3v) is 5.24. The van der Waals surface area contributed by atoms with Crippen molar-refractivity contribution in [3.05, 3.63) is 57.7 Å². The normalized spacial score (nSPS) is 11.1. The van der Waals surface area contributed by atoms with Crippen LogP contribution in [0.3, 0.4) is 0 Å². The number of aromatic nitrogens is 3. The maximum Gasteiger partial charge on any atom is 0.343 e. The minimum atomic E-state index is -3.79. The zero-order valence-corrected chi connectivity index (χ0v) is 14.4. The molecule has 0 aliphatic heterocycles. The smallest absolute Gasteiger partial charge is 0.343 e. The van der Waals surface area contributed by atoms with Gasteiger partial charge in [-0.2, -0.15) is 0 Å². The lowest BCUT2D eigenvalue weighted by atomic mass is 10.3. The van der Waals surface area contributed by atoms with Crippen LogP contribution in [0, 0.1) is 10.1 Å². The molecule has 0 aliphatic carbocycles. The number of anilines is 2. The van der Waals surface area contributed by atoms with Crippen molar-refractivity contribution in [1.29, 1.82) is 0 Å². The Labute approximate surface area is 150 Å². The minimum Gasteiger partial charge on any atom is -0.358 e. The summed E-state index contributed by atoms with van der Waals surface area (Å²) in [5, 5.41) is 20.6. The average molecular weight is 394 g/mol. The van der Waals surface area contributed by atoms with E-state index in [1.54, 1.807) is 5.38 Å². The predicted molar refractivity (Wildman–Crippen MR) is 92.6 cm³/mol. The monoisotopic (exact) mass is 394 g/mol. The van der Waals surface area contributed by atoms with Crippen LogP contribution in [0.1, 0.15) is 10.5 Å². The van der Waals surface area contributed by atoms with E-state index in [-0.39, 0.29) is 15.7 Å². The van der Waals surface area contributed by atoms with Crippen LogP contribution in [-0.4, -0.2) is 34.4 Å². The number of carbonyl (C=O) groups excluding carboxylic acids is 1. The number of aromatic amines is 1. The summed E-state index contributed by atoms with van der Waals surface area (Å²) < 4.78 is 26.8. The van der Waals surface area contributed by atoms with E-state index in [0.717, 1.165) is 17.4 Å². The summed E-state index contributed by atoms with van der Waals surface area (Å²) in [4.78, 5) is 25.7. The number of nitrogens with one attached hydrogen (secondary N) is 3. The Balaban J connectivity index is 1.71. The highest BCUT2D eigenvalue weighted by atomic mass is 32.2. The molecule has 0 spiro atoms. The first-order valence-corrected chi connectivity index (χ1v) is 9.25. The van der Waals surface area contributed by atoms with E-state index in [0.29, 0.717) is 5.69 Å². The van der Waals surface area contributed by atoms with Crippen molar-refractivity contribution in [2.45, 2.75) is 4.90 Å². The second kappa shape index (κ2) is 6.89. The second-order valence-electron chi connectivity index (χ2n) is 4.82. The molecular weight excluding hydrogens is 384 g/mol. The van der Waals surface area contributed by atoms with Crippen LogP contribution in [0.2, 0.25) is 0 Å². The summed E-state index contributed by atoms with van der Waals surface area (Å²) in [5.74, 6) is -1.09. The number of nitrogens with zero attached hydrogens (tertiary/aromatic N) is 3. The fourth-order valence-corrected chi connectivity index (χ4v) is 3.67. The Morgan fingerprint density at radius 2 is 2.00 bits per heavy atom. The van der Waals surface area contributed by atoms with Gasteiger partial charge in [-0.05, 0) is 29.2 Å². The molecule has 0 fully saturated rings. The zero-order chi connectivity index (χ0) is 18.7. The molecule has 2 aromatic heterocycles. The number of hydrogen-bond acceptors (Lipinski definition) is 8. The van der Waals surface area contributed by atoms with Crippen LogP contribution < -0.4 is 10.0 Å². The SMILES string of the molecule is O=C(Nc1ccc(S(=O)(=O)Nc2nccs2)cc1)c1cc([N+](=O)[O-])[nH]n1. The quantitative estimate of drug-likeness (QED) is 0.424. The molecule has 0 bridgehead atoms. The van der Waals surface area contributed by atoms with Gasteiger partial charge in [0.05, 0.1) is 11.0 Å². The number of sulfonamides is 1. The van der Waals surface area contributed by atoms with Crippen molar-refractivity contribution in [2.24, 2.45) is 0 Å². The van der Waals surface area contributed by atoms with Gasteiger partial charge in [0.15, 0.2) is 10.8 Å². The maximum atomic E-state index is 12.2. The van der Waals surface area contributed by atoms with E-state index < -0.39 is 26.7 Å². The topological polar surface area (TPSA) is 160 Å². The summed E-state index contributed by atoms with van der Waals surface area (Å²) in [6, 6.07) is 6.37. The average Bonchev–Trinajstić information content (AvgIpc) is 3.26. The van der Waals surface area contributed by atoms with E-state index in [4.69, 9.17) is 0 Å². The second-order valence-corrected chi connectivity index (χ2v) is 7.39. The third kappa shape index (κ3) is 3.84. The Morgan fingerprint density at radius 3 is 2.58 bits per heavy atom. The van der Waals surface area contributed by atoms with Gasteiger partial charge in [0.25, 0.3) is 15.9 Å². The molecule has 11 nitrogen and oxygen atoms in total. The van der Waals surface area contributed by atoms with Gasteiger partial charge in [-0.15, -0.1) is 16.4 Å². The first kappa shape index (κ1) is 17.5. The molecule has 0 unspecified atom stereocenters. The van der Waals surface area contributed by atoms with Gasteiger partial charge in [-0.3, -0.25) is 9.52 Å². The van der Waals surface area contributed by atoms with E-state index in [9.17, 15) is 23.3 Å². The number of rotatable bonds is 6. The summed E-state index contributed by atoms with van der Waals surface area (Å²) >= 11 is 1.14. The summed E-state index contributed by atoms with van der Waals surface area (Å²) in [6.45, 7) is 0. The fraction of sp³-hybridized carbons (Fsp3) is 0. The molecule has 134 valence electrons. The van der Waals surface area contributed by atoms with Gasteiger partial charge < -0.3 is 15.4 Å². The third-order valence-electron chi connectivity index (χ3n) is 3.07. The van der Waals surface area contributed by atoms with Gasteiger partial charge in [-0.1, -0.05) is 5.10 Å². The van der Waals surface area contributed by atoms with Gasteiger partial charge in [-0.25, -0.2) is 13.4 Å². The number of amides is 1. The molecule has 0 saturated carbocycles. The van der Waals surface area contributed by atoms with Crippen LogP contribution in [0.25, 0.3) is 0 Å². The lowest BCUT2D eigenvalue weighted by Crippen LogP contribution is -2.14. The molecule has 26 heavy (non-hydrogen) atoms. The summed E-state index contributed by atoms with van der Waals surface area (Å²) in [6.07, 6.45) is 1.47. The highest BCUT2D eigenvalue weighted by molar-refractivity contribution is 7.93. The molecule has 0 atom stereocenters. The number of carbonyl (C=O) groups is 1. The van der Waals surface area contributed by atoms with Gasteiger partial charge in [0.1, 0.15) is 0 Å². The summed E-state index contributed by atoms with van der Waals surface area (Å²) in [7, 11) is -3.79. The molecule has 0 aliphatic rings. The molecule has 2 heterocycles. The number of hydrogen-bond donors (Lipinski definition) is 3. The standard InChI is InChI=1S/C13H10N6O5S2/c20-12(10-7-11(17-16-10)19(21)22)15-8-1-3-9(4-2-8)26(23,24)18-13-14-5-6-25-13/h1-7H,(H,14,18)(H,15,20)(H,16,17). The Hall–Kier alpha value is -3.32. The van der Waals surface area contributed by atoms with Crippen molar-refractivity contribution in [3.63, 3.8) is 0 Å². The molecule has 3 aromatic rings. The fourth-order valence-electron chi connectivity index (χ4n) is 1.88. The molecule has 1 amide bonds. The number of H-pyrrole nitrogens is 1. The van der Waals surface area contributed by atoms with Gasteiger partial charge in [0.2, 0.25) is 0 Å². The van der Waals surface area contributed by atoms with Crippen LogP contribution >= 0.6 is 11.3 Å². The van der Waals surface area contributed by atoms with Crippen molar-refractivity contribution in [3.8, 4) is 0 Å². The van der Waals surface area contributed by atoms with E-state index in [2.05, 4.69) is 25.2 Å². The van der Waals surface area contributed by atoms with Crippen LogP contribution in [0.15, 0.2) is 46.8 Å². The van der Waals surface area contributed by atoms with E-state index in [1.807, 2.05) is 0 Å². The molecule has 3 rings (SSSR count). The first-order valence-electron chi connectivity index (χ1n) is 6.89. The largest absolute Gasteiger partial charge is 0.358 e. The van der Waals surface area contributed by atoms with E-state index in [1.165, 1.54) is 30.5 Å². The van der Waals surface area contributed by atoms with E-state index >= 15 is 0 Å². The number of thiazole rings is 1. The molecule has 1 aromatic carbocycles. The van der Waals surface area contributed by atoms with Crippen LogP contribution in [0.4, 0.5) is 16.6 Å². The maximum absolute atomic E-state index is 12.2. The Morgan fingerprint density at radius 1 is 1.27 bits per heavy atom. The Bertz CT molecular complexity index is 1040. The minimum absolute atomic E-state index is 0.0129. The zero-order valence-electron chi connectivity index (χ0n) is 12.7. The van der Waals surface area contributed by atoms with Crippen molar-refractivity contribution >= 4 is 43.9 Å². The molecule has 3 N–H and O–H groups in total. The number of nitro groups is 1. The first-order chi connectivity index (χ1) is 12.3. The predicted octanol–water partition coefficient (Wildman–Crippen LogP) is 1.83. The van der Waals surface area contributed by atoms with Crippen molar-refractivity contribution in [2.75, 3.05) is 10.0 Å². The summed E-state index contributed by atoms with van der Waals surface area (Å²) in [5.41, 5.74) is 0.132. The van der Waals surface area contributed by atoms with Crippen molar-refractivity contribution in [1.82, 2.24) is 15.2 Å². The van der Waals surface area contributed by atoms with Gasteiger partial charge >= 0.3 is 5.82 Å². The molecule has 13 heteroatoms. The molecular formula is C13H10N6O5S2. The lowest BCUT2D eigenvalue weighted by molar-refractivity contribution is -0.389. The molecule has 0 radical (unpaired) electrons. The van der Waals surface area contributed by atoms with Gasteiger partial charge in [0, 0.05) is 17.3 Å². The Kier molecular flexibility index (Phi) is 4.64. The van der Waals surface area contributed by atoms with Crippen LogP contribution in [0.5, 0.6) is 0 Å². The highest BCUT2D eigenvalue weighted by Gasteiger charge is 2.18. The lowest BCUT2D eigenvalue weighted by Gasteiger charge is -2.07. The highest BCUT2D eigenvalue weighted by Crippen LogP contribution is 2.20. The van der Waals surface area contributed by atoms with Crippen molar-refractivity contribution < 1.29 is 18.1 Å².